The van der Waals surface area contributed by atoms with Gasteiger partial charge in [-0.3, -0.25) is 4.79 Å². The van der Waals surface area contributed by atoms with Crippen LogP contribution >= 0.6 is 0 Å². The summed E-state index contributed by atoms with van der Waals surface area (Å²) < 4.78 is 5.66. The maximum atomic E-state index is 12.5. The van der Waals surface area contributed by atoms with Crippen molar-refractivity contribution in [2.24, 2.45) is 23.2 Å². The molecule has 1 aromatic carbocycles. The monoisotopic (exact) mass is 367 g/mol. The summed E-state index contributed by atoms with van der Waals surface area (Å²) in [5, 5.41) is 3.29. The van der Waals surface area contributed by atoms with Crippen LogP contribution < -0.4 is 10.1 Å². The third-order valence-electron chi connectivity index (χ3n) is 7.04. The quantitative estimate of drug-likeness (QED) is 0.701. The van der Waals surface area contributed by atoms with Crippen LogP contribution in [0.3, 0.4) is 0 Å². The SMILES string of the molecule is CC(C)Oc1ccc(/C=C\C(=O)N[C@@H](C)C23CC4CC(CC(C4)C2)C3)cc1. The maximum Gasteiger partial charge on any atom is 0.244 e. The number of hydrogen-bond donors (Lipinski definition) is 1. The molecule has 1 N–H and O–H groups in total. The van der Waals surface area contributed by atoms with Crippen LogP contribution in [0.25, 0.3) is 6.08 Å². The highest BCUT2D eigenvalue weighted by atomic mass is 16.5. The molecule has 0 spiro atoms. The van der Waals surface area contributed by atoms with Gasteiger partial charge in [0.15, 0.2) is 0 Å². The zero-order valence-corrected chi connectivity index (χ0v) is 16.9. The van der Waals surface area contributed by atoms with Crippen molar-refractivity contribution in [3.05, 3.63) is 35.9 Å². The Labute approximate surface area is 163 Å². The Balaban J connectivity index is 1.34. The second kappa shape index (κ2) is 7.33. The number of rotatable bonds is 6. The molecule has 1 aromatic rings. The summed E-state index contributed by atoms with van der Waals surface area (Å²) in [6.07, 6.45) is 12.0. The average molecular weight is 368 g/mol. The van der Waals surface area contributed by atoms with Gasteiger partial charge in [0.2, 0.25) is 5.91 Å². The number of ether oxygens (including phenoxy) is 1. The van der Waals surface area contributed by atoms with Gasteiger partial charge in [-0.2, -0.15) is 0 Å². The zero-order valence-electron chi connectivity index (χ0n) is 16.9. The van der Waals surface area contributed by atoms with E-state index in [4.69, 9.17) is 4.74 Å². The fourth-order valence-corrected chi connectivity index (χ4v) is 6.22. The Morgan fingerprint density at radius 3 is 2.11 bits per heavy atom. The fraction of sp³-hybridized carbons (Fsp3) is 0.625. The molecule has 27 heavy (non-hydrogen) atoms. The summed E-state index contributed by atoms with van der Waals surface area (Å²) in [6.45, 7) is 6.27. The summed E-state index contributed by atoms with van der Waals surface area (Å²) in [5.41, 5.74) is 1.37. The van der Waals surface area contributed by atoms with E-state index in [1.54, 1.807) is 6.08 Å². The van der Waals surface area contributed by atoms with Gasteiger partial charge >= 0.3 is 0 Å². The highest BCUT2D eigenvalue weighted by Gasteiger charge is 2.53. The normalized spacial score (nSPS) is 32.8. The highest BCUT2D eigenvalue weighted by molar-refractivity contribution is 5.91. The predicted octanol–water partition coefficient (Wildman–Crippen LogP) is 5.21. The van der Waals surface area contributed by atoms with Crippen LogP contribution in [0.2, 0.25) is 0 Å². The van der Waals surface area contributed by atoms with Crippen molar-refractivity contribution in [1.29, 1.82) is 0 Å². The van der Waals surface area contributed by atoms with Crippen molar-refractivity contribution in [1.82, 2.24) is 5.32 Å². The van der Waals surface area contributed by atoms with E-state index in [1.807, 2.05) is 44.2 Å². The molecule has 0 radical (unpaired) electrons. The summed E-state index contributed by atoms with van der Waals surface area (Å²) in [6, 6.07) is 8.16. The standard InChI is InChI=1S/C24H33NO2/c1-16(2)27-22-7-4-18(5-8-22)6-9-23(26)25-17(3)24-13-19-10-20(14-24)12-21(11-19)15-24/h4-9,16-17,19-21H,10-15H2,1-3H3,(H,25,26)/b9-6-/t17-,19?,20?,21?,24?/m0/s1. The molecular formula is C24H33NO2. The Bertz CT molecular complexity index is 668. The van der Waals surface area contributed by atoms with Gasteiger partial charge < -0.3 is 10.1 Å². The third-order valence-corrected chi connectivity index (χ3v) is 7.04. The van der Waals surface area contributed by atoms with Gasteiger partial charge in [-0.05, 0) is 106 Å². The number of amides is 1. The molecule has 146 valence electrons. The van der Waals surface area contributed by atoms with Crippen LogP contribution in [-0.2, 0) is 4.79 Å². The number of benzene rings is 1. The minimum atomic E-state index is 0.0285. The first-order valence-corrected chi connectivity index (χ1v) is 10.7. The van der Waals surface area contributed by atoms with Gasteiger partial charge in [-0.1, -0.05) is 12.1 Å². The van der Waals surface area contributed by atoms with Crippen molar-refractivity contribution in [3.8, 4) is 5.75 Å². The summed E-state index contributed by atoms with van der Waals surface area (Å²) in [4.78, 5) is 12.5. The van der Waals surface area contributed by atoms with Crippen LogP contribution in [0.15, 0.2) is 30.3 Å². The van der Waals surface area contributed by atoms with E-state index in [9.17, 15) is 4.79 Å². The number of carbonyl (C=O) groups is 1. The maximum absolute atomic E-state index is 12.5. The van der Waals surface area contributed by atoms with E-state index in [1.165, 1.54) is 38.5 Å². The molecule has 1 atom stereocenters. The second-order valence-electron chi connectivity index (χ2n) is 9.58. The van der Waals surface area contributed by atoms with E-state index in [0.29, 0.717) is 5.41 Å². The van der Waals surface area contributed by atoms with Crippen LogP contribution in [-0.4, -0.2) is 18.1 Å². The van der Waals surface area contributed by atoms with E-state index in [-0.39, 0.29) is 18.1 Å². The minimum absolute atomic E-state index is 0.0285. The van der Waals surface area contributed by atoms with Crippen molar-refractivity contribution in [3.63, 3.8) is 0 Å². The summed E-state index contributed by atoms with van der Waals surface area (Å²) >= 11 is 0. The second-order valence-corrected chi connectivity index (χ2v) is 9.58. The van der Waals surface area contributed by atoms with Gasteiger partial charge in [0.25, 0.3) is 0 Å². The minimum Gasteiger partial charge on any atom is -0.491 e. The van der Waals surface area contributed by atoms with Gasteiger partial charge in [-0.15, -0.1) is 0 Å². The van der Waals surface area contributed by atoms with Crippen molar-refractivity contribution in [2.45, 2.75) is 71.4 Å². The van der Waals surface area contributed by atoms with E-state index < -0.39 is 0 Å². The van der Waals surface area contributed by atoms with Crippen LogP contribution in [0.1, 0.15) is 64.9 Å². The lowest BCUT2D eigenvalue weighted by Crippen LogP contribution is -2.55. The molecule has 1 amide bonds. The lowest BCUT2D eigenvalue weighted by atomic mass is 9.48. The lowest BCUT2D eigenvalue weighted by Gasteiger charge is -2.59. The molecule has 0 unspecified atom stereocenters. The van der Waals surface area contributed by atoms with E-state index in [0.717, 1.165) is 29.1 Å². The Kier molecular flexibility index (Phi) is 5.05. The molecule has 0 aromatic heterocycles. The predicted molar refractivity (Wildman–Crippen MR) is 109 cm³/mol. The summed E-state index contributed by atoms with van der Waals surface area (Å²) in [5.74, 6) is 3.64. The van der Waals surface area contributed by atoms with Crippen molar-refractivity contribution < 1.29 is 9.53 Å². The van der Waals surface area contributed by atoms with Crippen molar-refractivity contribution >= 4 is 12.0 Å². The van der Waals surface area contributed by atoms with E-state index >= 15 is 0 Å². The van der Waals surface area contributed by atoms with Gasteiger partial charge in [-0.25, -0.2) is 0 Å². The molecule has 4 aliphatic rings. The van der Waals surface area contributed by atoms with Crippen molar-refractivity contribution in [2.75, 3.05) is 0 Å². The molecule has 4 fully saturated rings. The average Bonchev–Trinajstić information content (AvgIpc) is 2.59. The molecular weight excluding hydrogens is 334 g/mol. The van der Waals surface area contributed by atoms with E-state index in [2.05, 4.69) is 12.2 Å². The molecule has 4 saturated carbocycles. The fourth-order valence-electron chi connectivity index (χ4n) is 6.22. The Morgan fingerprint density at radius 1 is 1.04 bits per heavy atom. The number of carbonyl (C=O) groups excluding carboxylic acids is 1. The molecule has 4 aliphatic carbocycles. The van der Waals surface area contributed by atoms with Crippen LogP contribution in [0.4, 0.5) is 0 Å². The largest absolute Gasteiger partial charge is 0.491 e. The first kappa shape index (κ1) is 18.6. The third kappa shape index (κ3) is 4.07. The lowest BCUT2D eigenvalue weighted by molar-refractivity contribution is -0.121. The molecule has 0 heterocycles. The number of hydrogen-bond acceptors (Lipinski definition) is 2. The van der Waals surface area contributed by atoms with Gasteiger partial charge in [0, 0.05) is 12.1 Å². The summed E-state index contributed by atoms with van der Waals surface area (Å²) in [7, 11) is 0. The molecule has 0 aliphatic heterocycles. The van der Waals surface area contributed by atoms with Gasteiger partial charge in [0.1, 0.15) is 5.75 Å². The Morgan fingerprint density at radius 2 is 1.59 bits per heavy atom. The molecule has 3 nitrogen and oxygen atoms in total. The number of nitrogens with one attached hydrogen (secondary N) is 1. The zero-order chi connectivity index (χ0) is 19.0. The van der Waals surface area contributed by atoms with Gasteiger partial charge in [0.05, 0.1) is 6.10 Å². The van der Waals surface area contributed by atoms with Crippen LogP contribution in [0, 0.1) is 23.2 Å². The smallest absolute Gasteiger partial charge is 0.244 e. The topological polar surface area (TPSA) is 38.3 Å². The molecule has 4 bridgehead atoms. The first-order chi connectivity index (χ1) is 12.9. The first-order valence-electron chi connectivity index (χ1n) is 10.7. The van der Waals surface area contributed by atoms with Crippen LogP contribution in [0.5, 0.6) is 5.75 Å². The molecule has 5 rings (SSSR count). The Hall–Kier alpha value is -1.77. The highest BCUT2D eigenvalue weighted by Crippen LogP contribution is 2.61. The molecule has 0 saturated heterocycles. The molecule has 3 heteroatoms.